The van der Waals surface area contributed by atoms with Crippen molar-refractivity contribution in [2.75, 3.05) is 25.1 Å². The lowest BCUT2D eigenvalue weighted by Crippen LogP contribution is -2.44. The maximum Gasteiger partial charge on any atom is 0.239 e. The molecule has 0 aromatic carbocycles. The first-order chi connectivity index (χ1) is 7.19. The summed E-state index contributed by atoms with van der Waals surface area (Å²) in [5, 5.41) is 0. The van der Waals surface area contributed by atoms with Crippen molar-refractivity contribution >= 4 is 30.1 Å². The van der Waals surface area contributed by atoms with Crippen LogP contribution in [0.2, 0.25) is 0 Å². The third-order valence-corrected chi connectivity index (χ3v) is 3.46. The molecule has 1 aliphatic rings. The van der Waals surface area contributed by atoms with Crippen molar-refractivity contribution in [3.63, 3.8) is 0 Å². The molecule has 1 amide bonds. The third kappa shape index (κ3) is 5.41. The average Bonchev–Trinajstić information content (AvgIpc) is 3.05. The smallest absolute Gasteiger partial charge is 0.239 e. The Labute approximate surface area is 109 Å². The fraction of sp³-hybridized carbons (Fsp3) is 0.909. The number of likely N-dealkylation sites (N-methyl/N-ethyl adjacent to an activating group) is 1. The van der Waals surface area contributed by atoms with E-state index in [0.717, 1.165) is 31.2 Å². The molecule has 1 saturated carbocycles. The van der Waals surface area contributed by atoms with E-state index in [-0.39, 0.29) is 24.4 Å². The number of hydrogen-bond donors (Lipinski definition) is 1. The van der Waals surface area contributed by atoms with Crippen molar-refractivity contribution in [2.45, 2.75) is 32.2 Å². The van der Waals surface area contributed by atoms with Crippen molar-refractivity contribution < 1.29 is 4.79 Å². The molecule has 2 N–H and O–H groups in total. The largest absolute Gasteiger partial charge is 0.341 e. The SMILES string of the molecule is CCN(CC1CC1)C(=O)[C@@H](N)CCSC.Cl. The Hall–Kier alpha value is 0.0700. The number of amides is 1. The maximum atomic E-state index is 11.9. The van der Waals surface area contributed by atoms with Crippen LogP contribution < -0.4 is 5.73 Å². The lowest BCUT2D eigenvalue weighted by atomic mass is 10.2. The minimum Gasteiger partial charge on any atom is -0.341 e. The van der Waals surface area contributed by atoms with Gasteiger partial charge in [-0.15, -0.1) is 12.4 Å². The highest BCUT2D eigenvalue weighted by Gasteiger charge is 2.27. The summed E-state index contributed by atoms with van der Waals surface area (Å²) in [6.07, 6.45) is 5.40. The number of carbonyl (C=O) groups excluding carboxylic acids is 1. The van der Waals surface area contributed by atoms with Gasteiger partial charge < -0.3 is 10.6 Å². The van der Waals surface area contributed by atoms with Gasteiger partial charge in [0.05, 0.1) is 6.04 Å². The van der Waals surface area contributed by atoms with Crippen molar-refractivity contribution in [1.82, 2.24) is 4.90 Å². The van der Waals surface area contributed by atoms with Crippen LogP contribution >= 0.6 is 24.2 Å². The Morgan fingerprint density at radius 2 is 2.19 bits per heavy atom. The van der Waals surface area contributed by atoms with Gasteiger partial charge in [0.2, 0.25) is 5.91 Å². The third-order valence-electron chi connectivity index (χ3n) is 2.82. The average molecular weight is 267 g/mol. The number of nitrogens with two attached hydrogens (primary N) is 1. The highest BCUT2D eigenvalue weighted by molar-refractivity contribution is 7.98. The Bertz CT molecular complexity index is 212. The highest BCUT2D eigenvalue weighted by atomic mass is 35.5. The maximum absolute atomic E-state index is 11.9. The number of rotatable bonds is 7. The molecule has 0 radical (unpaired) electrons. The van der Waals surface area contributed by atoms with E-state index in [2.05, 4.69) is 0 Å². The zero-order valence-corrected chi connectivity index (χ0v) is 11.8. The van der Waals surface area contributed by atoms with Crippen LogP contribution in [0.1, 0.15) is 26.2 Å². The van der Waals surface area contributed by atoms with E-state index >= 15 is 0 Å². The summed E-state index contributed by atoms with van der Waals surface area (Å²) < 4.78 is 0. The predicted octanol–water partition coefficient (Wildman–Crippen LogP) is 1.75. The van der Waals surface area contributed by atoms with Gasteiger partial charge >= 0.3 is 0 Å². The van der Waals surface area contributed by atoms with Gasteiger partial charge in [-0.2, -0.15) is 11.8 Å². The fourth-order valence-electron chi connectivity index (χ4n) is 1.59. The van der Waals surface area contributed by atoms with Gasteiger partial charge in [0.1, 0.15) is 0 Å². The quantitative estimate of drug-likeness (QED) is 0.764. The van der Waals surface area contributed by atoms with E-state index in [0.29, 0.717) is 0 Å². The number of carbonyl (C=O) groups is 1. The monoisotopic (exact) mass is 266 g/mol. The summed E-state index contributed by atoms with van der Waals surface area (Å²) in [5.41, 5.74) is 5.87. The summed E-state index contributed by atoms with van der Waals surface area (Å²) in [5.74, 6) is 1.86. The van der Waals surface area contributed by atoms with E-state index in [1.54, 1.807) is 11.8 Å². The van der Waals surface area contributed by atoms with Gasteiger partial charge in [-0.25, -0.2) is 0 Å². The van der Waals surface area contributed by atoms with Crippen LogP contribution in [0.15, 0.2) is 0 Å². The number of halogens is 1. The first kappa shape index (κ1) is 16.1. The molecule has 1 atom stereocenters. The Balaban J connectivity index is 0.00000225. The molecule has 0 heterocycles. The summed E-state index contributed by atoms with van der Waals surface area (Å²) in [6.45, 7) is 3.74. The molecule has 0 spiro atoms. The molecule has 0 aliphatic heterocycles. The van der Waals surface area contributed by atoms with Crippen LogP contribution in [0.4, 0.5) is 0 Å². The molecule has 1 rings (SSSR count). The second kappa shape index (κ2) is 8.20. The minimum atomic E-state index is -0.295. The summed E-state index contributed by atoms with van der Waals surface area (Å²) in [4.78, 5) is 13.9. The Kier molecular flexibility index (Phi) is 8.24. The molecular weight excluding hydrogens is 244 g/mol. The van der Waals surface area contributed by atoms with Crippen LogP contribution in [0, 0.1) is 5.92 Å². The van der Waals surface area contributed by atoms with Gasteiger partial charge in [0.15, 0.2) is 0 Å². The molecule has 0 saturated heterocycles. The summed E-state index contributed by atoms with van der Waals surface area (Å²) in [7, 11) is 0. The minimum absolute atomic E-state index is 0. The lowest BCUT2D eigenvalue weighted by Gasteiger charge is -2.24. The van der Waals surface area contributed by atoms with E-state index in [4.69, 9.17) is 5.73 Å². The van der Waals surface area contributed by atoms with Gasteiger partial charge in [0.25, 0.3) is 0 Å². The first-order valence-electron chi connectivity index (χ1n) is 5.72. The van der Waals surface area contributed by atoms with Gasteiger partial charge in [-0.3, -0.25) is 4.79 Å². The van der Waals surface area contributed by atoms with E-state index in [9.17, 15) is 4.79 Å². The number of hydrogen-bond acceptors (Lipinski definition) is 3. The van der Waals surface area contributed by atoms with Gasteiger partial charge in [0, 0.05) is 13.1 Å². The highest BCUT2D eigenvalue weighted by Crippen LogP contribution is 2.29. The second-order valence-electron chi connectivity index (χ2n) is 4.21. The molecule has 16 heavy (non-hydrogen) atoms. The molecule has 0 unspecified atom stereocenters. The molecular formula is C11H23ClN2OS. The van der Waals surface area contributed by atoms with Crippen molar-refractivity contribution in [1.29, 1.82) is 0 Å². The van der Waals surface area contributed by atoms with Gasteiger partial charge in [-0.1, -0.05) is 0 Å². The van der Waals surface area contributed by atoms with Crippen LogP contribution in [0.25, 0.3) is 0 Å². The summed E-state index contributed by atoms with van der Waals surface area (Å²) >= 11 is 1.74. The van der Waals surface area contributed by atoms with Gasteiger partial charge in [-0.05, 0) is 44.1 Å². The number of thioether (sulfide) groups is 1. The standard InChI is InChI=1S/C11H22N2OS.ClH/c1-3-13(8-9-4-5-9)11(14)10(12)6-7-15-2;/h9-10H,3-8,12H2,1-2H3;1H/t10-;/m0./s1. The van der Waals surface area contributed by atoms with E-state index < -0.39 is 0 Å². The summed E-state index contributed by atoms with van der Waals surface area (Å²) in [6, 6.07) is -0.295. The fourth-order valence-corrected chi connectivity index (χ4v) is 2.08. The molecule has 0 bridgehead atoms. The van der Waals surface area contributed by atoms with Crippen molar-refractivity contribution in [3.05, 3.63) is 0 Å². The lowest BCUT2D eigenvalue weighted by molar-refractivity contribution is -0.132. The zero-order valence-electron chi connectivity index (χ0n) is 10.1. The first-order valence-corrected chi connectivity index (χ1v) is 7.11. The Morgan fingerprint density at radius 3 is 2.62 bits per heavy atom. The van der Waals surface area contributed by atoms with Crippen molar-refractivity contribution in [2.24, 2.45) is 11.7 Å². The van der Waals surface area contributed by atoms with E-state index in [1.807, 2.05) is 18.1 Å². The normalized spacial score (nSPS) is 16.4. The Morgan fingerprint density at radius 1 is 1.56 bits per heavy atom. The molecule has 0 aromatic heterocycles. The van der Waals surface area contributed by atoms with Crippen LogP contribution in [0.3, 0.4) is 0 Å². The van der Waals surface area contributed by atoms with Crippen LogP contribution in [-0.2, 0) is 4.79 Å². The molecule has 1 aliphatic carbocycles. The zero-order chi connectivity index (χ0) is 11.3. The van der Waals surface area contributed by atoms with Crippen LogP contribution in [0.5, 0.6) is 0 Å². The van der Waals surface area contributed by atoms with E-state index in [1.165, 1.54) is 12.8 Å². The topological polar surface area (TPSA) is 46.3 Å². The number of nitrogens with zero attached hydrogens (tertiary/aromatic N) is 1. The molecule has 5 heteroatoms. The molecule has 96 valence electrons. The molecule has 1 fully saturated rings. The van der Waals surface area contributed by atoms with Crippen molar-refractivity contribution in [3.8, 4) is 0 Å². The second-order valence-corrected chi connectivity index (χ2v) is 5.19. The molecule has 0 aromatic rings. The molecule has 3 nitrogen and oxygen atoms in total. The van der Waals surface area contributed by atoms with Crippen LogP contribution in [-0.4, -0.2) is 41.9 Å². The predicted molar refractivity (Wildman–Crippen MR) is 73.2 cm³/mol.